The van der Waals surface area contributed by atoms with Crippen molar-refractivity contribution in [3.8, 4) is 0 Å². The van der Waals surface area contributed by atoms with Crippen LogP contribution in [0.2, 0.25) is 0 Å². The number of benzene rings is 1. The lowest BCUT2D eigenvalue weighted by Gasteiger charge is -2.36. The molecular weight excluding hydrogens is 395 g/mol. The molecule has 0 atom stereocenters. The number of anilines is 3. The predicted molar refractivity (Wildman–Crippen MR) is 101 cm³/mol. The summed E-state index contributed by atoms with van der Waals surface area (Å²) in [5.41, 5.74) is 7.35. The maximum Gasteiger partial charge on any atom is 0.391 e. The highest BCUT2D eigenvalue weighted by atomic mass is 19.4. The Morgan fingerprint density at radius 1 is 1.07 bits per heavy atom. The van der Waals surface area contributed by atoms with E-state index in [4.69, 9.17) is 5.73 Å². The molecule has 1 aromatic rings. The summed E-state index contributed by atoms with van der Waals surface area (Å²) in [6.45, 7) is 0. The first-order chi connectivity index (χ1) is 13.5. The van der Waals surface area contributed by atoms with Gasteiger partial charge in [0.25, 0.3) is 11.8 Å². The Balaban J connectivity index is 1.70. The first-order valence-electron chi connectivity index (χ1n) is 9.62. The molecule has 2 saturated carbocycles. The molecule has 0 unspecified atom stereocenters. The van der Waals surface area contributed by atoms with E-state index in [9.17, 15) is 26.7 Å². The van der Waals surface area contributed by atoms with Crippen LogP contribution in [0, 0.1) is 5.92 Å². The minimum atomic E-state index is -4.21. The lowest BCUT2D eigenvalue weighted by Crippen LogP contribution is -2.45. The maximum atomic E-state index is 13.2. The summed E-state index contributed by atoms with van der Waals surface area (Å²) in [5.74, 6) is -4.53. The Labute approximate surface area is 165 Å². The van der Waals surface area contributed by atoms with Gasteiger partial charge in [-0.25, -0.2) is 8.78 Å². The predicted octanol–water partition coefficient (Wildman–Crippen LogP) is 4.37. The van der Waals surface area contributed by atoms with Crippen LogP contribution >= 0.6 is 0 Å². The van der Waals surface area contributed by atoms with E-state index < -0.39 is 30.0 Å². The van der Waals surface area contributed by atoms with Crippen LogP contribution in [0.1, 0.15) is 48.9 Å². The molecule has 0 aromatic heterocycles. The van der Waals surface area contributed by atoms with E-state index in [0.717, 1.165) is 0 Å². The van der Waals surface area contributed by atoms with Gasteiger partial charge < -0.3 is 21.7 Å². The summed E-state index contributed by atoms with van der Waals surface area (Å²) in [6, 6.07) is 2.20. The topological polar surface area (TPSA) is 79.2 Å². The van der Waals surface area contributed by atoms with Gasteiger partial charge in [-0.15, -0.1) is 0 Å². The normalized spacial score (nSPS) is 24.5. The smallest absolute Gasteiger partial charge is 0.391 e. The largest absolute Gasteiger partial charge is 0.397 e. The minimum absolute atomic E-state index is 0.0302. The molecular formula is C19H25F5N4O. The van der Waals surface area contributed by atoms with E-state index in [0.29, 0.717) is 17.1 Å². The Morgan fingerprint density at radius 2 is 1.69 bits per heavy atom. The second-order valence-electron chi connectivity index (χ2n) is 7.90. The lowest BCUT2D eigenvalue weighted by atomic mass is 9.85. The molecule has 29 heavy (non-hydrogen) atoms. The second-order valence-corrected chi connectivity index (χ2v) is 7.90. The standard InChI is InChI=1S/C19H25F5N4O/c1-26-16-7-15(27-12-8-18(20,21)9-12)13(6-14(16)25)17(29)28-11-4-2-10(3-5-11)19(22,23)24/h6-7,10-12,26-27H,2-5,8-9,25H2,1H3,(H,28,29)/t10-,11-. The SMILES string of the molecule is CNc1cc(NC2CC(F)(F)C2)c(C(=O)N[C@H]2CC[C@H](C(F)(F)F)CC2)cc1N. The van der Waals surface area contributed by atoms with E-state index in [-0.39, 0.29) is 50.1 Å². The summed E-state index contributed by atoms with van der Waals surface area (Å²) < 4.78 is 64.7. The van der Waals surface area contributed by atoms with Gasteiger partial charge in [0.15, 0.2) is 0 Å². The molecule has 0 radical (unpaired) electrons. The quantitative estimate of drug-likeness (QED) is 0.421. The summed E-state index contributed by atoms with van der Waals surface area (Å²) in [5, 5.41) is 8.61. The van der Waals surface area contributed by atoms with Gasteiger partial charge in [-0.1, -0.05) is 0 Å². The van der Waals surface area contributed by atoms with Gasteiger partial charge in [-0.3, -0.25) is 4.79 Å². The van der Waals surface area contributed by atoms with E-state index >= 15 is 0 Å². The fraction of sp³-hybridized carbons (Fsp3) is 0.632. The minimum Gasteiger partial charge on any atom is -0.397 e. The van der Waals surface area contributed by atoms with Crippen LogP contribution in [-0.2, 0) is 0 Å². The number of rotatable bonds is 5. The van der Waals surface area contributed by atoms with Crippen LogP contribution in [0.25, 0.3) is 0 Å². The van der Waals surface area contributed by atoms with Crippen LogP contribution in [0.4, 0.5) is 39.0 Å². The van der Waals surface area contributed by atoms with Gasteiger partial charge in [0.05, 0.1) is 22.9 Å². The van der Waals surface area contributed by atoms with Crippen molar-refractivity contribution in [1.82, 2.24) is 5.32 Å². The second kappa shape index (κ2) is 7.87. The number of amides is 1. The lowest BCUT2D eigenvalue weighted by molar-refractivity contribution is -0.182. The molecule has 2 aliphatic carbocycles. The highest BCUT2D eigenvalue weighted by Gasteiger charge is 2.45. The van der Waals surface area contributed by atoms with Crippen molar-refractivity contribution in [3.63, 3.8) is 0 Å². The summed E-state index contributed by atoms with van der Waals surface area (Å²) >= 11 is 0. The van der Waals surface area contributed by atoms with E-state index in [1.807, 2.05) is 0 Å². The molecule has 2 aliphatic rings. The number of nitrogens with two attached hydrogens (primary N) is 1. The van der Waals surface area contributed by atoms with Crippen molar-refractivity contribution in [2.45, 2.75) is 62.7 Å². The third-order valence-corrected chi connectivity index (χ3v) is 5.68. The molecule has 10 heteroatoms. The molecule has 5 nitrogen and oxygen atoms in total. The van der Waals surface area contributed by atoms with Gasteiger partial charge in [0.1, 0.15) is 0 Å². The first-order valence-corrected chi connectivity index (χ1v) is 9.62. The Bertz CT molecular complexity index is 752. The van der Waals surface area contributed by atoms with Crippen molar-refractivity contribution >= 4 is 23.0 Å². The maximum absolute atomic E-state index is 13.2. The number of nitrogen functional groups attached to an aromatic ring is 1. The number of hydrogen-bond donors (Lipinski definition) is 4. The van der Waals surface area contributed by atoms with Crippen molar-refractivity contribution in [3.05, 3.63) is 17.7 Å². The van der Waals surface area contributed by atoms with E-state index in [2.05, 4.69) is 16.0 Å². The van der Waals surface area contributed by atoms with Crippen molar-refractivity contribution < 1.29 is 26.7 Å². The van der Waals surface area contributed by atoms with Crippen molar-refractivity contribution in [1.29, 1.82) is 0 Å². The molecule has 0 spiro atoms. The van der Waals surface area contributed by atoms with Crippen LogP contribution < -0.4 is 21.7 Å². The van der Waals surface area contributed by atoms with Gasteiger partial charge >= 0.3 is 6.18 Å². The van der Waals surface area contributed by atoms with Gasteiger partial charge in [0.2, 0.25) is 0 Å². The molecule has 162 valence electrons. The Morgan fingerprint density at radius 3 is 2.21 bits per heavy atom. The van der Waals surface area contributed by atoms with Crippen LogP contribution in [0.15, 0.2) is 12.1 Å². The van der Waals surface area contributed by atoms with Crippen molar-refractivity contribution in [2.75, 3.05) is 23.4 Å². The molecule has 1 aromatic carbocycles. The third-order valence-electron chi connectivity index (χ3n) is 5.68. The number of carbonyl (C=O) groups is 1. The molecule has 3 rings (SSSR count). The third kappa shape index (κ3) is 5.02. The Hall–Kier alpha value is -2.26. The fourth-order valence-electron chi connectivity index (χ4n) is 3.95. The number of hydrogen-bond acceptors (Lipinski definition) is 4. The van der Waals surface area contributed by atoms with Crippen LogP contribution in [0.3, 0.4) is 0 Å². The average Bonchev–Trinajstić information content (AvgIpc) is 2.60. The van der Waals surface area contributed by atoms with Crippen LogP contribution in [-0.4, -0.2) is 37.1 Å². The highest BCUT2D eigenvalue weighted by molar-refractivity contribution is 6.02. The van der Waals surface area contributed by atoms with Crippen molar-refractivity contribution in [2.24, 2.45) is 5.92 Å². The summed E-state index contributed by atoms with van der Waals surface area (Å²) in [4.78, 5) is 12.8. The molecule has 0 bridgehead atoms. The van der Waals surface area contributed by atoms with Gasteiger partial charge in [-0.2, -0.15) is 13.2 Å². The summed E-state index contributed by atoms with van der Waals surface area (Å²) in [6.07, 6.45) is -4.46. The summed E-state index contributed by atoms with van der Waals surface area (Å²) in [7, 11) is 1.64. The molecule has 1 amide bonds. The zero-order chi connectivity index (χ0) is 21.4. The monoisotopic (exact) mass is 420 g/mol. The van der Waals surface area contributed by atoms with Crippen LogP contribution in [0.5, 0.6) is 0 Å². The molecule has 0 heterocycles. The fourth-order valence-corrected chi connectivity index (χ4v) is 3.95. The zero-order valence-electron chi connectivity index (χ0n) is 16.0. The van der Waals surface area contributed by atoms with E-state index in [1.54, 1.807) is 13.1 Å². The number of carbonyl (C=O) groups excluding carboxylic acids is 1. The highest BCUT2D eigenvalue weighted by Crippen LogP contribution is 2.41. The molecule has 0 saturated heterocycles. The van der Waals surface area contributed by atoms with E-state index in [1.165, 1.54) is 6.07 Å². The number of halogens is 5. The number of nitrogens with one attached hydrogen (secondary N) is 3. The van der Waals surface area contributed by atoms with Gasteiger partial charge in [-0.05, 0) is 37.8 Å². The zero-order valence-corrected chi connectivity index (χ0v) is 16.0. The number of alkyl halides is 5. The molecule has 2 fully saturated rings. The molecule has 5 N–H and O–H groups in total. The van der Waals surface area contributed by atoms with Gasteiger partial charge in [0, 0.05) is 37.7 Å². The first kappa shape index (κ1) is 21.4. The Kier molecular flexibility index (Phi) is 5.82. The molecule has 0 aliphatic heterocycles. The average molecular weight is 420 g/mol.